The highest BCUT2D eigenvalue weighted by Crippen LogP contribution is 2.20. The van der Waals surface area contributed by atoms with Crippen LogP contribution in [0.2, 0.25) is 5.02 Å². The van der Waals surface area contributed by atoms with Crippen molar-refractivity contribution in [2.45, 2.75) is 12.8 Å². The van der Waals surface area contributed by atoms with Gasteiger partial charge in [-0.3, -0.25) is 4.79 Å². The van der Waals surface area contributed by atoms with Gasteiger partial charge in [0.1, 0.15) is 17.3 Å². The van der Waals surface area contributed by atoms with Gasteiger partial charge in [-0.05, 0) is 23.8 Å². The smallest absolute Gasteiger partial charge is 0.142 e. The van der Waals surface area contributed by atoms with E-state index in [1.165, 1.54) is 6.07 Å². The number of ketones is 1. The third kappa shape index (κ3) is 4.07. The van der Waals surface area contributed by atoms with Crippen LogP contribution in [0.3, 0.4) is 0 Å². The Morgan fingerprint density at radius 3 is 2.60 bits per heavy atom. The van der Waals surface area contributed by atoms with E-state index in [0.717, 1.165) is 5.75 Å². The molecule has 0 bridgehead atoms. The Kier molecular flexibility index (Phi) is 5.13. The molecule has 0 aliphatic heterocycles. The predicted octanol–water partition coefficient (Wildman–Crippen LogP) is 4.06. The van der Waals surface area contributed by atoms with Crippen LogP contribution >= 0.6 is 11.6 Å². The van der Waals surface area contributed by atoms with E-state index in [1.54, 1.807) is 12.1 Å². The summed E-state index contributed by atoms with van der Waals surface area (Å²) in [5, 5.41) is 0.0184. The first-order chi connectivity index (χ1) is 9.66. The molecule has 0 radical (unpaired) electrons. The van der Waals surface area contributed by atoms with Crippen LogP contribution in [0.5, 0.6) is 5.75 Å². The van der Waals surface area contributed by atoms with Crippen LogP contribution in [0.1, 0.15) is 12.0 Å². The van der Waals surface area contributed by atoms with Gasteiger partial charge >= 0.3 is 0 Å². The zero-order chi connectivity index (χ0) is 14.4. The number of Topliss-reactive ketones (excluding diaryl/α,β-unsaturated/α-hetero) is 1. The number of hydrogen-bond donors (Lipinski definition) is 0. The van der Waals surface area contributed by atoms with Crippen molar-refractivity contribution < 1.29 is 13.9 Å². The van der Waals surface area contributed by atoms with Crippen LogP contribution in [0.25, 0.3) is 0 Å². The van der Waals surface area contributed by atoms with Crippen LogP contribution in [0.4, 0.5) is 4.39 Å². The van der Waals surface area contributed by atoms with Gasteiger partial charge in [0.2, 0.25) is 0 Å². The van der Waals surface area contributed by atoms with Crippen LogP contribution in [-0.2, 0) is 11.2 Å². The molecular formula is C16H14ClFO2. The molecule has 4 heteroatoms. The highest BCUT2D eigenvalue weighted by molar-refractivity contribution is 6.31. The second-order valence-electron chi connectivity index (χ2n) is 4.34. The van der Waals surface area contributed by atoms with Crippen LogP contribution in [0, 0.1) is 5.82 Å². The fraction of sp³-hybridized carbons (Fsp3) is 0.188. The molecule has 0 saturated carbocycles. The molecule has 104 valence electrons. The van der Waals surface area contributed by atoms with E-state index in [9.17, 15) is 9.18 Å². The summed E-state index contributed by atoms with van der Waals surface area (Å²) < 4.78 is 18.7. The minimum atomic E-state index is -0.502. The number of ether oxygens (including phenoxy) is 1. The lowest BCUT2D eigenvalue weighted by atomic mass is 10.1. The van der Waals surface area contributed by atoms with E-state index in [0.29, 0.717) is 12.2 Å². The molecule has 0 aliphatic rings. The molecule has 0 aliphatic carbocycles. The molecule has 0 unspecified atom stereocenters. The molecule has 2 rings (SSSR count). The predicted molar refractivity (Wildman–Crippen MR) is 76.7 cm³/mol. The number of carbonyl (C=O) groups excluding carboxylic acids is 1. The van der Waals surface area contributed by atoms with Crippen LogP contribution in [0.15, 0.2) is 48.5 Å². The lowest BCUT2D eigenvalue weighted by Crippen LogP contribution is -2.09. The Morgan fingerprint density at radius 2 is 1.85 bits per heavy atom. The summed E-state index contributed by atoms with van der Waals surface area (Å²) in [6.45, 7) is 0.301. The Hall–Kier alpha value is -1.87. The summed E-state index contributed by atoms with van der Waals surface area (Å²) >= 11 is 5.81. The van der Waals surface area contributed by atoms with E-state index in [-0.39, 0.29) is 23.6 Å². The normalized spacial score (nSPS) is 10.3. The second-order valence-corrected chi connectivity index (χ2v) is 4.72. The molecule has 0 spiro atoms. The largest absolute Gasteiger partial charge is 0.493 e. The summed E-state index contributed by atoms with van der Waals surface area (Å²) in [5.41, 5.74) is 0.511. The van der Waals surface area contributed by atoms with Crippen LogP contribution in [-0.4, -0.2) is 12.4 Å². The first kappa shape index (κ1) is 14.5. The van der Waals surface area contributed by atoms with Crippen molar-refractivity contribution in [2.75, 3.05) is 6.61 Å². The molecule has 2 aromatic carbocycles. The van der Waals surface area contributed by atoms with Gasteiger partial charge in [0.05, 0.1) is 11.6 Å². The molecule has 0 heterocycles. The van der Waals surface area contributed by atoms with E-state index in [1.807, 2.05) is 30.3 Å². The van der Waals surface area contributed by atoms with Gasteiger partial charge in [-0.25, -0.2) is 4.39 Å². The third-order valence-electron chi connectivity index (χ3n) is 2.81. The van der Waals surface area contributed by atoms with Gasteiger partial charge in [-0.1, -0.05) is 41.9 Å². The summed E-state index contributed by atoms with van der Waals surface area (Å²) in [6.07, 6.45) is 0.385. The molecule has 0 N–H and O–H groups in total. The van der Waals surface area contributed by atoms with E-state index >= 15 is 0 Å². The van der Waals surface area contributed by atoms with E-state index < -0.39 is 5.82 Å². The topological polar surface area (TPSA) is 26.3 Å². The van der Waals surface area contributed by atoms with Gasteiger partial charge in [-0.15, -0.1) is 0 Å². The summed E-state index contributed by atoms with van der Waals surface area (Å²) in [5.74, 6) is 0.190. The maximum absolute atomic E-state index is 13.2. The average molecular weight is 293 g/mol. The highest BCUT2D eigenvalue weighted by Gasteiger charge is 2.10. The van der Waals surface area contributed by atoms with Gasteiger partial charge in [0.15, 0.2) is 0 Å². The molecule has 20 heavy (non-hydrogen) atoms. The van der Waals surface area contributed by atoms with Crippen molar-refractivity contribution in [3.63, 3.8) is 0 Å². The first-order valence-electron chi connectivity index (χ1n) is 6.29. The van der Waals surface area contributed by atoms with Crippen molar-refractivity contribution in [2.24, 2.45) is 0 Å². The van der Waals surface area contributed by atoms with Crippen molar-refractivity contribution in [1.29, 1.82) is 0 Å². The zero-order valence-corrected chi connectivity index (χ0v) is 11.6. The van der Waals surface area contributed by atoms with Gasteiger partial charge in [0, 0.05) is 12.8 Å². The molecule has 0 fully saturated rings. The van der Waals surface area contributed by atoms with Crippen molar-refractivity contribution >= 4 is 17.4 Å². The molecule has 0 amide bonds. The number of carbonyl (C=O) groups is 1. The van der Waals surface area contributed by atoms with E-state index in [4.69, 9.17) is 16.3 Å². The number of rotatable bonds is 6. The maximum atomic E-state index is 13.2. The van der Waals surface area contributed by atoms with Crippen LogP contribution < -0.4 is 4.74 Å². The summed E-state index contributed by atoms with van der Waals surface area (Å²) in [4.78, 5) is 11.8. The minimum absolute atomic E-state index is 0.0184. The Labute approximate surface area is 122 Å². The maximum Gasteiger partial charge on any atom is 0.142 e. The second kappa shape index (κ2) is 7.06. The van der Waals surface area contributed by atoms with Gasteiger partial charge in [0.25, 0.3) is 0 Å². The summed E-state index contributed by atoms with van der Waals surface area (Å²) in [7, 11) is 0. The quantitative estimate of drug-likeness (QED) is 0.802. The number of hydrogen-bond acceptors (Lipinski definition) is 2. The fourth-order valence-corrected chi connectivity index (χ4v) is 1.98. The molecule has 0 atom stereocenters. The Bertz CT molecular complexity index is 584. The number of halogens is 2. The third-order valence-corrected chi connectivity index (χ3v) is 3.24. The average Bonchev–Trinajstić information content (AvgIpc) is 2.45. The molecule has 0 aromatic heterocycles. The SMILES string of the molecule is O=C(CCOc1ccccc1)Cc1cccc(F)c1Cl. The lowest BCUT2D eigenvalue weighted by molar-refractivity contribution is -0.118. The first-order valence-corrected chi connectivity index (χ1v) is 6.67. The van der Waals surface area contributed by atoms with Crippen molar-refractivity contribution in [3.05, 3.63) is 64.9 Å². The molecule has 2 aromatic rings. The minimum Gasteiger partial charge on any atom is -0.493 e. The standard InChI is InChI=1S/C16H14ClFO2/c17-16-12(5-4-8-15(16)18)11-13(19)9-10-20-14-6-2-1-3-7-14/h1-8H,9-11H2. The monoisotopic (exact) mass is 292 g/mol. The molecule has 0 saturated heterocycles. The fourth-order valence-electron chi connectivity index (χ4n) is 1.79. The van der Waals surface area contributed by atoms with Crippen molar-refractivity contribution in [1.82, 2.24) is 0 Å². The lowest BCUT2D eigenvalue weighted by Gasteiger charge is -2.06. The number of para-hydroxylation sites is 1. The number of benzene rings is 2. The molecule has 2 nitrogen and oxygen atoms in total. The zero-order valence-electron chi connectivity index (χ0n) is 10.8. The Morgan fingerprint density at radius 1 is 1.10 bits per heavy atom. The Balaban J connectivity index is 1.82. The molecular weight excluding hydrogens is 279 g/mol. The van der Waals surface area contributed by atoms with E-state index in [2.05, 4.69) is 0 Å². The highest BCUT2D eigenvalue weighted by atomic mass is 35.5. The van der Waals surface area contributed by atoms with Gasteiger partial charge in [-0.2, -0.15) is 0 Å². The summed E-state index contributed by atoms with van der Waals surface area (Å²) in [6, 6.07) is 13.7. The van der Waals surface area contributed by atoms with Gasteiger partial charge < -0.3 is 4.74 Å². The van der Waals surface area contributed by atoms with Crippen molar-refractivity contribution in [3.8, 4) is 5.75 Å².